The normalized spacial score (nSPS) is 10.4. The maximum atomic E-state index is 12.1. The van der Waals surface area contributed by atoms with E-state index in [2.05, 4.69) is 10.7 Å². The Bertz CT molecular complexity index is 549. The van der Waals surface area contributed by atoms with Crippen molar-refractivity contribution in [3.63, 3.8) is 0 Å². The maximum absolute atomic E-state index is 12.1. The Kier molecular flexibility index (Phi) is 5.37. The van der Waals surface area contributed by atoms with Crippen molar-refractivity contribution in [2.75, 3.05) is 18.6 Å². The minimum atomic E-state index is -0.615. The minimum absolute atomic E-state index is 0.0759. The van der Waals surface area contributed by atoms with E-state index in [0.717, 1.165) is 0 Å². The Labute approximate surface area is 124 Å². The molecule has 0 aliphatic heterocycles. The van der Waals surface area contributed by atoms with Gasteiger partial charge in [-0.05, 0) is 45.0 Å². The molecule has 5 heteroatoms. The number of hydrogen-bond acceptors (Lipinski definition) is 4. The predicted octanol–water partition coefficient (Wildman–Crippen LogP) is 2.85. The van der Waals surface area contributed by atoms with Crippen LogP contribution in [0.5, 0.6) is 0 Å². The first-order chi connectivity index (χ1) is 9.78. The van der Waals surface area contributed by atoms with E-state index in [0.29, 0.717) is 11.3 Å². The third-order valence-electron chi connectivity index (χ3n) is 2.46. The van der Waals surface area contributed by atoms with Gasteiger partial charge in [0.05, 0.1) is 19.2 Å². The van der Waals surface area contributed by atoms with Crippen LogP contribution in [-0.4, -0.2) is 31.3 Å². The van der Waals surface area contributed by atoms with Crippen LogP contribution >= 0.6 is 0 Å². The molecule has 21 heavy (non-hydrogen) atoms. The van der Waals surface area contributed by atoms with Gasteiger partial charge in [0, 0.05) is 5.69 Å². The van der Waals surface area contributed by atoms with Crippen molar-refractivity contribution in [3.05, 3.63) is 29.8 Å². The highest BCUT2D eigenvalue weighted by atomic mass is 16.6. The van der Waals surface area contributed by atoms with E-state index in [9.17, 15) is 9.59 Å². The first kappa shape index (κ1) is 16.6. The molecule has 1 amide bonds. The standard InChI is InChI=1S/C16H19NO4/c1-6-11-17(15(19)21-16(2,3)4)13-9-7-12(8-10-13)14(18)20-5/h1,7-10H,11H2,2-5H3. The second-order valence-electron chi connectivity index (χ2n) is 5.31. The summed E-state index contributed by atoms with van der Waals surface area (Å²) >= 11 is 0. The molecule has 0 atom stereocenters. The van der Waals surface area contributed by atoms with Gasteiger partial charge in [-0.15, -0.1) is 6.42 Å². The van der Waals surface area contributed by atoms with Gasteiger partial charge in [-0.25, -0.2) is 9.59 Å². The molecule has 1 rings (SSSR count). The number of hydrogen-bond donors (Lipinski definition) is 0. The van der Waals surface area contributed by atoms with Gasteiger partial charge in [0.15, 0.2) is 0 Å². The molecule has 0 bridgehead atoms. The first-order valence-corrected chi connectivity index (χ1v) is 6.41. The fourth-order valence-electron chi connectivity index (χ4n) is 1.56. The lowest BCUT2D eigenvalue weighted by molar-refractivity contribution is 0.0582. The summed E-state index contributed by atoms with van der Waals surface area (Å²) in [5, 5.41) is 0. The van der Waals surface area contributed by atoms with Gasteiger partial charge in [0.2, 0.25) is 0 Å². The fourth-order valence-corrected chi connectivity index (χ4v) is 1.56. The molecule has 5 nitrogen and oxygen atoms in total. The van der Waals surface area contributed by atoms with Gasteiger partial charge in [-0.2, -0.15) is 0 Å². The molecule has 1 aromatic carbocycles. The van der Waals surface area contributed by atoms with Crippen molar-refractivity contribution >= 4 is 17.7 Å². The van der Waals surface area contributed by atoms with E-state index in [-0.39, 0.29) is 6.54 Å². The molecule has 1 aromatic rings. The predicted molar refractivity (Wildman–Crippen MR) is 80.2 cm³/mol. The lowest BCUT2D eigenvalue weighted by Crippen LogP contribution is -2.37. The van der Waals surface area contributed by atoms with Crippen LogP contribution in [0.1, 0.15) is 31.1 Å². The number of methoxy groups -OCH3 is 1. The Balaban J connectivity index is 2.98. The number of amides is 1. The van der Waals surface area contributed by atoms with Gasteiger partial charge in [-0.3, -0.25) is 4.90 Å². The Morgan fingerprint density at radius 3 is 2.24 bits per heavy atom. The molecule has 0 spiro atoms. The molecular formula is C16H19NO4. The highest BCUT2D eigenvalue weighted by Crippen LogP contribution is 2.19. The van der Waals surface area contributed by atoms with Gasteiger partial charge in [0.1, 0.15) is 5.60 Å². The van der Waals surface area contributed by atoms with E-state index in [4.69, 9.17) is 11.2 Å². The number of ether oxygens (including phenoxy) is 2. The third-order valence-corrected chi connectivity index (χ3v) is 2.46. The smallest absolute Gasteiger partial charge is 0.415 e. The molecule has 0 aliphatic rings. The minimum Gasteiger partial charge on any atom is -0.465 e. The molecule has 0 saturated carbocycles. The molecule has 0 heterocycles. The van der Waals surface area contributed by atoms with Gasteiger partial charge >= 0.3 is 12.1 Å². The first-order valence-electron chi connectivity index (χ1n) is 6.41. The van der Waals surface area contributed by atoms with Crippen LogP contribution in [0.3, 0.4) is 0 Å². The number of carbonyl (C=O) groups excluding carboxylic acids is 2. The molecule has 112 valence electrons. The van der Waals surface area contributed by atoms with Gasteiger partial charge in [-0.1, -0.05) is 5.92 Å². The van der Waals surface area contributed by atoms with Crippen molar-refractivity contribution in [3.8, 4) is 12.3 Å². The van der Waals surface area contributed by atoms with E-state index < -0.39 is 17.7 Å². The zero-order valence-corrected chi connectivity index (χ0v) is 12.7. The summed E-state index contributed by atoms with van der Waals surface area (Å²) in [7, 11) is 1.31. The van der Waals surface area contributed by atoms with Crippen LogP contribution in [0.15, 0.2) is 24.3 Å². The Morgan fingerprint density at radius 2 is 1.81 bits per heavy atom. The molecule has 0 radical (unpaired) electrons. The van der Waals surface area contributed by atoms with E-state index in [1.54, 1.807) is 45.0 Å². The van der Waals surface area contributed by atoms with Crippen LogP contribution in [0.4, 0.5) is 10.5 Å². The van der Waals surface area contributed by atoms with Crippen molar-refractivity contribution in [2.45, 2.75) is 26.4 Å². The van der Waals surface area contributed by atoms with Crippen molar-refractivity contribution in [1.82, 2.24) is 0 Å². The lowest BCUT2D eigenvalue weighted by atomic mass is 10.2. The summed E-state index contributed by atoms with van der Waals surface area (Å²) in [6.45, 7) is 5.41. The molecule has 0 aliphatic carbocycles. The molecule has 0 aromatic heterocycles. The monoisotopic (exact) mass is 289 g/mol. The number of carbonyl (C=O) groups is 2. The fraction of sp³-hybridized carbons (Fsp3) is 0.375. The van der Waals surface area contributed by atoms with Crippen LogP contribution in [0.25, 0.3) is 0 Å². The summed E-state index contributed by atoms with van der Waals surface area (Å²) in [5.41, 5.74) is 0.330. The van der Waals surface area contributed by atoms with Crippen LogP contribution in [0, 0.1) is 12.3 Å². The zero-order valence-electron chi connectivity index (χ0n) is 12.7. The number of anilines is 1. The van der Waals surface area contributed by atoms with Gasteiger partial charge < -0.3 is 9.47 Å². The van der Waals surface area contributed by atoms with Crippen LogP contribution in [-0.2, 0) is 9.47 Å². The van der Waals surface area contributed by atoms with Crippen molar-refractivity contribution < 1.29 is 19.1 Å². The van der Waals surface area contributed by atoms with Crippen LogP contribution < -0.4 is 4.90 Å². The molecule has 0 unspecified atom stereocenters. The quantitative estimate of drug-likeness (QED) is 0.634. The summed E-state index contributed by atoms with van der Waals surface area (Å²) in [4.78, 5) is 24.8. The summed E-state index contributed by atoms with van der Waals surface area (Å²) in [5.74, 6) is 1.97. The zero-order chi connectivity index (χ0) is 16.0. The summed E-state index contributed by atoms with van der Waals surface area (Å²) in [6, 6.07) is 6.37. The average Bonchev–Trinajstić information content (AvgIpc) is 2.42. The number of rotatable bonds is 3. The van der Waals surface area contributed by atoms with E-state index in [1.807, 2.05) is 0 Å². The number of nitrogens with zero attached hydrogens (tertiary/aromatic N) is 1. The molecule has 0 fully saturated rings. The van der Waals surface area contributed by atoms with Crippen molar-refractivity contribution in [2.24, 2.45) is 0 Å². The topological polar surface area (TPSA) is 55.8 Å². The third kappa shape index (κ3) is 4.84. The Morgan fingerprint density at radius 1 is 1.24 bits per heavy atom. The number of esters is 1. The Hall–Kier alpha value is -2.48. The molecule has 0 saturated heterocycles. The SMILES string of the molecule is C#CCN(C(=O)OC(C)(C)C)c1ccc(C(=O)OC)cc1. The summed E-state index contributed by atoms with van der Waals surface area (Å²) < 4.78 is 9.93. The van der Waals surface area contributed by atoms with E-state index >= 15 is 0 Å². The maximum Gasteiger partial charge on any atom is 0.415 e. The van der Waals surface area contributed by atoms with Crippen molar-refractivity contribution in [1.29, 1.82) is 0 Å². The highest BCUT2D eigenvalue weighted by molar-refractivity contribution is 5.92. The number of benzene rings is 1. The second kappa shape index (κ2) is 6.80. The van der Waals surface area contributed by atoms with Gasteiger partial charge in [0.25, 0.3) is 0 Å². The van der Waals surface area contributed by atoms with E-state index in [1.165, 1.54) is 12.0 Å². The largest absolute Gasteiger partial charge is 0.465 e. The number of terminal acetylenes is 1. The average molecular weight is 289 g/mol. The lowest BCUT2D eigenvalue weighted by Gasteiger charge is -2.26. The second-order valence-corrected chi connectivity index (χ2v) is 5.31. The molecular weight excluding hydrogens is 270 g/mol. The molecule has 0 N–H and O–H groups in total. The highest BCUT2D eigenvalue weighted by Gasteiger charge is 2.23. The van der Waals surface area contributed by atoms with Crippen LogP contribution in [0.2, 0.25) is 0 Å². The summed E-state index contributed by atoms with van der Waals surface area (Å²) in [6.07, 6.45) is 4.76.